The fraction of sp³-hybridized carbons (Fsp3) is 0.538. The van der Waals surface area contributed by atoms with Crippen molar-refractivity contribution in [2.75, 3.05) is 50.8 Å². The van der Waals surface area contributed by atoms with Crippen LogP contribution < -0.4 is 9.64 Å². The Kier molecular flexibility index (Phi) is 8.08. The number of halogens is 4. The van der Waals surface area contributed by atoms with Gasteiger partial charge in [-0.05, 0) is 37.5 Å². The van der Waals surface area contributed by atoms with Gasteiger partial charge in [-0.1, -0.05) is 6.07 Å². The van der Waals surface area contributed by atoms with Gasteiger partial charge < -0.3 is 19.6 Å². The number of rotatable bonds is 6. The van der Waals surface area contributed by atoms with E-state index in [4.69, 9.17) is 4.74 Å². The van der Waals surface area contributed by atoms with E-state index in [1.165, 1.54) is 18.2 Å². The van der Waals surface area contributed by atoms with E-state index in [1.54, 1.807) is 24.0 Å². The van der Waals surface area contributed by atoms with Crippen molar-refractivity contribution in [2.24, 2.45) is 0 Å². The smallest absolute Gasteiger partial charge is 0.453 e. The van der Waals surface area contributed by atoms with E-state index in [0.29, 0.717) is 36.4 Å². The number of nitrogens with zero attached hydrogens (tertiary/aromatic N) is 7. The highest BCUT2D eigenvalue weighted by Gasteiger charge is 2.38. The lowest BCUT2D eigenvalue weighted by atomic mass is 9.93. The average Bonchev–Trinajstić information content (AvgIpc) is 3.20. The predicted molar refractivity (Wildman–Crippen MR) is 136 cm³/mol. The topological polar surface area (TPSA) is 99.3 Å². The van der Waals surface area contributed by atoms with E-state index in [0.717, 1.165) is 26.1 Å². The van der Waals surface area contributed by atoms with Crippen LogP contribution in [0.3, 0.4) is 0 Å². The Labute approximate surface area is 228 Å². The summed E-state index contributed by atoms with van der Waals surface area (Å²) in [5, 5.41) is 21.2. The van der Waals surface area contributed by atoms with Crippen molar-refractivity contribution in [3.05, 3.63) is 47.5 Å². The van der Waals surface area contributed by atoms with Crippen molar-refractivity contribution >= 4 is 17.4 Å². The third kappa shape index (κ3) is 6.12. The maximum absolute atomic E-state index is 15.4. The lowest BCUT2D eigenvalue weighted by Crippen LogP contribution is -2.40. The Bertz CT molecular complexity index is 1350. The van der Waals surface area contributed by atoms with Gasteiger partial charge in [0.25, 0.3) is 5.82 Å². The third-order valence-electron chi connectivity index (χ3n) is 7.41. The van der Waals surface area contributed by atoms with E-state index >= 15 is 4.39 Å². The standard InChI is InChI=1S/C26H31F4N7O3/c1-17(38)35-9-2-8-34(11-12-35)13-14-40-19-3-4-20(21(27)16-19)22-15-18(39)7-10-36(22)24-6-5-23-31-32-25(26(28,29)30)37(23)33-24/h3-6,16,18,22,39H,2,7-15H2,1H3. The minimum absolute atomic E-state index is 0.0614. The van der Waals surface area contributed by atoms with Crippen molar-refractivity contribution in [3.63, 3.8) is 0 Å². The molecule has 5 rings (SSSR count). The monoisotopic (exact) mass is 565 g/mol. The summed E-state index contributed by atoms with van der Waals surface area (Å²) < 4.78 is 62.0. The molecule has 1 aromatic carbocycles. The summed E-state index contributed by atoms with van der Waals surface area (Å²) in [6.07, 6.45) is -4.03. The Morgan fingerprint density at radius 1 is 1.10 bits per heavy atom. The summed E-state index contributed by atoms with van der Waals surface area (Å²) in [4.78, 5) is 17.3. The van der Waals surface area contributed by atoms with Crippen LogP contribution in [0.4, 0.5) is 23.4 Å². The van der Waals surface area contributed by atoms with E-state index < -0.39 is 30.0 Å². The van der Waals surface area contributed by atoms with Crippen molar-refractivity contribution in [2.45, 2.75) is 44.5 Å². The van der Waals surface area contributed by atoms with Crippen LogP contribution in [-0.2, 0) is 11.0 Å². The molecule has 14 heteroatoms. The molecule has 1 amide bonds. The first-order valence-corrected chi connectivity index (χ1v) is 13.2. The van der Waals surface area contributed by atoms with Crippen molar-refractivity contribution < 1.29 is 32.2 Å². The first-order valence-electron chi connectivity index (χ1n) is 13.2. The van der Waals surface area contributed by atoms with Crippen LogP contribution in [0.15, 0.2) is 30.3 Å². The van der Waals surface area contributed by atoms with E-state index in [1.807, 2.05) is 4.90 Å². The van der Waals surface area contributed by atoms with Gasteiger partial charge in [-0.3, -0.25) is 9.69 Å². The summed E-state index contributed by atoms with van der Waals surface area (Å²) in [6.45, 7) is 5.81. The molecule has 2 fully saturated rings. The van der Waals surface area contributed by atoms with Crippen molar-refractivity contribution in [1.82, 2.24) is 29.6 Å². The predicted octanol–water partition coefficient (Wildman–Crippen LogP) is 2.92. The van der Waals surface area contributed by atoms with Gasteiger partial charge in [0.2, 0.25) is 5.91 Å². The van der Waals surface area contributed by atoms with Gasteiger partial charge in [0, 0.05) is 57.8 Å². The third-order valence-corrected chi connectivity index (χ3v) is 7.41. The van der Waals surface area contributed by atoms with E-state index in [2.05, 4.69) is 20.2 Å². The number of alkyl halides is 3. The number of carbonyl (C=O) groups is 1. The highest BCUT2D eigenvalue weighted by atomic mass is 19.4. The largest absolute Gasteiger partial charge is 0.492 e. The van der Waals surface area contributed by atoms with Crippen molar-refractivity contribution in [1.29, 1.82) is 0 Å². The fourth-order valence-electron chi connectivity index (χ4n) is 5.29. The van der Waals surface area contributed by atoms with Gasteiger partial charge in [-0.2, -0.15) is 17.7 Å². The number of amides is 1. The second-order valence-electron chi connectivity index (χ2n) is 10.1. The molecule has 2 atom stereocenters. The second kappa shape index (κ2) is 11.5. The normalized spacial score (nSPS) is 21.1. The van der Waals surface area contributed by atoms with Crippen LogP contribution in [0.25, 0.3) is 5.65 Å². The number of aromatic nitrogens is 4. The molecule has 3 aromatic rings. The maximum Gasteiger partial charge on any atom is 0.453 e. The summed E-state index contributed by atoms with van der Waals surface area (Å²) in [5.74, 6) is -1.19. The molecule has 4 heterocycles. The van der Waals surface area contributed by atoms with Gasteiger partial charge in [0.05, 0.1) is 12.1 Å². The quantitative estimate of drug-likeness (QED) is 0.456. The number of piperidine rings is 1. The molecule has 0 radical (unpaired) electrons. The van der Waals surface area contributed by atoms with E-state index in [-0.39, 0.29) is 35.9 Å². The molecule has 10 nitrogen and oxygen atoms in total. The number of ether oxygens (including phenoxy) is 1. The average molecular weight is 566 g/mol. The van der Waals surface area contributed by atoms with Gasteiger partial charge in [-0.25, -0.2) is 4.39 Å². The lowest BCUT2D eigenvalue weighted by Gasteiger charge is -2.39. The number of aliphatic hydroxyl groups excluding tert-OH is 1. The zero-order valence-electron chi connectivity index (χ0n) is 22.0. The Morgan fingerprint density at radius 3 is 2.67 bits per heavy atom. The molecule has 0 bridgehead atoms. The fourth-order valence-corrected chi connectivity index (χ4v) is 5.29. The van der Waals surface area contributed by atoms with Crippen molar-refractivity contribution in [3.8, 4) is 5.75 Å². The second-order valence-corrected chi connectivity index (χ2v) is 10.1. The van der Waals surface area contributed by atoms with Crippen LogP contribution in [0.2, 0.25) is 0 Å². The Balaban J connectivity index is 1.29. The summed E-state index contributed by atoms with van der Waals surface area (Å²) in [6, 6.07) is 6.75. The summed E-state index contributed by atoms with van der Waals surface area (Å²) in [5.41, 5.74) is 0.221. The van der Waals surface area contributed by atoms with Gasteiger partial charge in [0.1, 0.15) is 24.0 Å². The Hall–Kier alpha value is -3.52. The molecule has 2 unspecified atom stereocenters. The zero-order valence-corrected chi connectivity index (χ0v) is 22.0. The molecular formula is C26H31F4N7O3. The molecule has 0 saturated carbocycles. The SMILES string of the molecule is CC(=O)N1CCCN(CCOc2ccc(C3CC(O)CCN3c3ccc4nnc(C(F)(F)F)n4n3)c(F)c2)CC1. The molecule has 1 N–H and O–H groups in total. The molecule has 0 spiro atoms. The molecule has 2 saturated heterocycles. The lowest BCUT2D eigenvalue weighted by molar-refractivity contribution is -0.146. The number of anilines is 1. The van der Waals surface area contributed by atoms with Crippen LogP contribution in [0.5, 0.6) is 5.75 Å². The van der Waals surface area contributed by atoms with Gasteiger partial charge in [-0.15, -0.1) is 15.3 Å². The minimum atomic E-state index is -4.74. The van der Waals surface area contributed by atoms with Gasteiger partial charge >= 0.3 is 6.18 Å². The highest BCUT2D eigenvalue weighted by Crippen LogP contribution is 2.37. The first-order chi connectivity index (χ1) is 19.1. The van der Waals surface area contributed by atoms with Gasteiger partial charge in [0.15, 0.2) is 5.65 Å². The maximum atomic E-state index is 15.4. The highest BCUT2D eigenvalue weighted by molar-refractivity contribution is 5.73. The number of benzene rings is 1. The summed E-state index contributed by atoms with van der Waals surface area (Å²) in [7, 11) is 0. The van der Waals surface area contributed by atoms with Crippen LogP contribution >= 0.6 is 0 Å². The molecule has 216 valence electrons. The molecule has 40 heavy (non-hydrogen) atoms. The number of aliphatic hydroxyl groups is 1. The number of hydrogen-bond acceptors (Lipinski definition) is 8. The van der Waals surface area contributed by atoms with Crippen LogP contribution in [0.1, 0.15) is 43.6 Å². The zero-order chi connectivity index (χ0) is 28.4. The first kappa shape index (κ1) is 28.0. The molecule has 2 aliphatic rings. The van der Waals surface area contributed by atoms with Crippen LogP contribution in [0, 0.1) is 5.82 Å². The summed E-state index contributed by atoms with van der Waals surface area (Å²) >= 11 is 0. The molecule has 0 aliphatic carbocycles. The molecule has 2 aromatic heterocycles. The number of carbonyl (C=O) groups excluding carboxylic acids is 1. The molecule has 2 aliphatic heterocycles. The van der Waals surface area contributed by atoms with E-state index in [9.17, 15) is 23.1 Å². The number of hydrogen-bond donors (Lipinski definition) is 1. The number of fused-ring (bicyclic) bond motifs is 1. The van der Waals surface area contributed by atoms with Crippen LogP contribution in [-0.4, -0.2) is 92.6 Å². The Morgan fingerprint density at radius 2 is 1.93 bits per heavy atom. The molecular weight excluding hydrogens is 534 g/mol. The minimum Gasteiger partial charge on any atom is -0.492 e.